The van der Waals surface area contributed by atoms with Crippen LogP contribution in [-0.4, -0.2) is 11.5 Å². The van der Waals surface area contributed by atoms with Gasteiger partial charge in [-0.2, -0.15) is 0 Å². The van der Waals surface area contributed by atoms with Crippen molar-refractivity contribution >= 4 is 17.3 Å². The summed E-state index contributed by atoms with van der Waals surface area (Å²) in [7, 11) is 0. The van der Waals surface area contributed by atoms with E-state index in [-0.39, 0.29) is 16.5 Å². The molecule has 0 unspecified atom stereocenters. The summed E-state index contributed by atoms with van der Waals surface area (Å²) in [6.07, 6.45) is 4.28. The van der Waals surface area contributed by atoms with Crippen molar-refractivity contribution in [2.24, 2.45) is 0 Å². The number of rotatable bonds is 7. The van der Waals surface area contributed by atoms with Gasteiger partial charge < -0.3 is 4.74 Å². The molecular formula is C12H16ClNO3. The Kier molecular flexibility index (Phi) is 5.77. The molecule has 0 atom stereocenters. The summed E-state index contributed by atoms with van der Waals surface area (Å²) < 4.78 is 5.40. The molecule has 0 spiro atoms. The molecule has 0 saturated heterocycles. The molecule has 1 aromatic carbocycles. The van der Waals surface area contributed by atoms with Crippen LogP contribution in [0.2, 0.25) is 5.02 Å². The van der Waals surface area contributed by atoms with Crippen LogP contribution in [0.5, 0.6) is 5.75 Å². The molecule has 5 heteroatoms. The van der Waals surface area contributed by atoms with Gasteiger partial charge in [0.15, 0.2) is 5.75 Å². The molecule has 0 fully saturated rings. The Morgan fingerprint density at radius 2 is 2.12 bits per heavy atom. The van der Waals surface area contributed by atoms with Crippen LogP contribution in [0.4, 0.5) is 5.69 Å². The Labute approximate surface area is 106 Å². The Bertz CT molecular complexity index is 382. The molecule has 0 amide bonds. The molecule has 1 aromatic rings. The average molecular weight is 258 g/mol. The zero-order chi connectivity index (χ0) is 12.7. The first kappa shape index (κ1) is 13.8. The zero-order valence-corrected chi connectivity index (χ0v) is 10.6. The van der Waals surface area contributed by atoms with Crippen molar-refractivity contribution in [3.05, 3.63) is 33.3 Å². The SMILES string of the molecule is CCCCCCOc1cccc(Cl)c1[N+](=O)[O-]. The molecule has 0 heterocycles. The molecule has 0 radical (unpaired) electrons. The third kappa shape index (κ3) is 4.23. The lowest BCUT2D eigenvalue weighted by Gasteiger charge is -2.07. The topological polar surface area (TPSA) is 52.4 Å². The monoisotopic (exact) mass is 257 g/mol. The Morgan fingerprint density at radius 1 is 1.35 bits per heavy atom. The van der Waals surface area contributed by atoms with Crippen LogP contribution in [0.25, 0.3) is 0 Å². The minimum Gasteiger partial charge on any atom is -0.487 e. The molecular weight excluding hydrogens is 242 g/mol. The Balaban J connectivity index is 2.58. The second-order valence-corrected chi connectivity index (χ2v) is 4.16. The third-order valence-corrected chi connectivity index (χ3v) is 2.69. The van der Waals surface area contributed by atoms with Gasteiger partial charge in [-0.1, -0.05) is 43.9 Å². The van der Waals surface area contributed by atoms with Gasteiger partial charge in [-0.05, 0) is 18.6 Å². The van der Waals surface area contributed by atoms with E-state index in [1.807, 2.05) is 0 Å². The van der Waals surface area contributed by atoms with Crippen molar-refractivity contribution in [2.45, 2.75) is 32.6 Å². The molecule has 0 N–H and O–H groups in total. The van der Waals surface area contributed by atoms with Crippen molar-refractivity contribution in [3.8, 4) is 5.75 Å². The normalized spacial score (nSPS) is 10.2. The molecule has 0 aliphatic carbocycles. The van der Waals surface area contributed by atoms with Gasteiger partial charge in [0.2, 0.25) is 0 Å². The fourth-order valence-electron chi connectivity index (χ4n) is 1.50. The number of unbranched alkanes of at least 4 members (excludes halogenated alkanes) is 3. The van der Waals surface area contributed by atoms with E-state index in [4.69, 9.17) is 16.3 Å². The fourth-order valence-corrected chi connectivity index (χ4v) is 1.74. The van der Waals surface area contributed by atoms with E-state index < -0.39 is 4.92 Å². The summed E-state index contributed by atoms with van der Waals surface area (Å²) >= 11 is 5.77. The van der Waals surface area contributed by atoms with Crippen molar-refractivity contribution in [1.82, 2.24) is 0 Å². The standard InChI is InChI=1S/C12H16ClNO3/c1-2-3-4-5-9-17-11-8-6-7-10(13)12(11)14(15)16/h6-8H,2-5,9H2,1H3. The van der Waals surface area contributed by atoms with Crippen LogP contribution in [0, 0.1) is 10.1 Å². The third-order valence-electron chi connectivity index (χ3n) is 2.39. The van der Waals surface area contributed by atoms with Gasteiger partial charge in [-0.3, -0.25) is 10.1 Å². The number of para-hydroxylation sites is 1. The molecule has 0 aliphatic rings. The summed E-state index contributed by atoms with van der Waals surface area (Å²) in [4.78, 5) is 10.3. The van der Waals surface area contributed by atoms with Crippen molar-refractivity contribution in [1.29, 1.82) is 0 Å². The van der Waals surface area contributed by atoms with E-state index in [2.05, 4.69) is 6.92 Å². The minimum absolute atomic E-state index is 0.112. The van der Waals surface area contributed by atoms with Gasteiger partial charge in [0.05, 0.1) is 11.5 Å². The van der Waals surface area contributed by atoms with Gasteiger partial charge in [0, 0.05) is 0 Å². The second-order valence-electron chi connectivity index (χ2n) is 3.75. The molecule has 4 nitrogen and oxygen atoms in total. The molecule has 0 aromatic heterocycles. The summed E-state index contributed by atoms with van der Waals surface area (Å²) in [5.74, 6) is 0.249. The summed E-state index contributed by atoms with van der Waals surface area (Å²) in [6, 6.07) is 4.71. The summed E-state index contributed by atoms with van der Waals surface area (Å²) in [5.41, 5.74) is -0.148. The van der Waals surface area contributed by atoms with Gasteiger partial charge in [0.25, 0.3) is 0 Å². The van der Waals surface area contributed by atoms with Gasteiger partial charge in [-0.25, -0.2) is 0 Å². The van der Waals surface area contributed by atoms with Crippen LogP contribution in [0.1, 0.15) is 32.6 Å². The minimum atomic E-state index is -0.510. The smallest absolute Gasteiger partial charge is 0.329 e. The number of nitrogens with zero attached hydrogens (tertiary/aromatic N) is 1. The van der Waals surface area contributed by atoms with E-state index in [0.717, 1.165) is 25.7 Å². The van der Waals surface area contributed by atoms with E-state index in [9.17, 15) is 10.1 Å². The maximum Gasteiger partial charge on any atom is 0.329 e. The van der Waals surface area contributed by atoms with Crippen LogP contribution in [0.15, 0.2) is 18.2 Å². The fraction of sp³-hybridized carbons (Fsp3) is 0.500. The number of hydrogen-bond donors (Lipinski definition) is 0. The predicted molar refractivity (Wildman–Crippen MR) is 67.7 cm³/mol. The van der Waals surface area contributed by atoms with Crippen molar-refractivity contribution < 1.29 is 9.66 Å². The predicted octanol–water partition coefficient (Wildman–Crippen LogP) is 4.21. The molecule has 17 heavy (non-hydrogen) atoms. The van der Waals surface area contributed by atoms with Crippen LogP contribution < -0.4 is 4.74 Å². The first-order valence-corrected chi connectivity index (χ1v) is 6.10. The highest BCUT2D eigenvalue weighted by Crippen LogP contribution is 2.34. The lowest BCUT2D eigenvalue weighted by molar-refractivity contribution is -0.385. The lowest BCUT2D eigenvalue weighted by atomic mass is 10.2. The second kappa shape index (κ2) is 7.12. The number of nitro benzene ring substituents is 1. The highest BCUT2D eigenvalue weighted by atomic mass is 35.5. The molecule has 94 valence electrons. The van der Waals surface area contributed by atoms with E-state index >= 15 is 0 Å². The molecule has 0 aliphatic heterocycles. The Hall–Kier alpha value is -1.29. The van der Waals surface area contributed by atoms with Crippen LogP contribution in [0.3, 0.4) is 0 Å². The average Bonchev–Trinajstić information content (AvgIpc) is 2.28. The zero-order valence-electron chi connectivity index (χ0n) is 9.82. The largest absolute Gasteiger partial charge is 0.487 e. The van der Waals surface area contributed by atoms with E-state index in [0.29, 0.717) is 6.61 Å². The molecule has 0 saturated carbocycles. The van der Waals surface area contributed by atoms with Gasteiger partial charge in [0.1, 0.15) is 5.02 Å². The van der Waals surface area contributed by atoms with E-state index in [1.54, 1.807) is 12.1 Å². The van der Waals surface area contributed by atoms with Gasteiger partial charge >= 0.3 is 5.69 Å². The maximum atomic E-state index is 10.8. The number of benzene rings is 1. The van der Waals surface area contributed by atoms with Crippen molar-refractivity contribution in [3.63, 3.8) is 0 Å². The van der Waals surface area contributed by atoms with Crippen LogP contribution >= 0.6 is 11.6 Å². The number of hydrogen-bond acceptors (Lipinski definition) is 3. The lowest BCUT2D eigenvalue weighted by Crippen LogP contribution is -2.01. The number of nitro groups is 1. The molecule has 1 rings (SSSR count). The maximum absolute atomic E-state index is 10.8. The Morgan fingerprint density at radius 3 is 2.76 bits per heavy atom. The van der Waals surface area contributed by atoms with E-state index in [1.165, 1.54) is 6.07 Å². The van der Waals surface area contributed by atoms with Crippen LogP contribution in [-0.2, 0) is 0 Å². The molecule has 0 bridgehead atoms. The van der Waals surface area contributed by atoms with Crippen molar-refractivity contribution in [2.75, 3.05) is 6.61 Å². The number of ether oxygens (including phenoxy) is 1. The van der Waals surface area contributed by atoms with Gasteiger partial charge in [-0.15, -0.1) is 0 Å². The first-order valence-electron chi connectivity index (χ1n) is 5.72. The number of halogens is 1. The first-order chi connectivity index (χ1) is 8.16. The summed E-state index contributed by atoms with van der Waals surface area (Å²) in [5, 5.41) is 10.9. The highest BCUT2D eigenvalue weighted by molar-refractivity contribution is 6.32. The quantitative estimate of drug-likeness (QED) is 0.418. The summed E-state index contributed by atoms with van der Waals surface area (Å²) in [6.45, 7) is 2.61. The highest BCUT2D eigenvalue weighted by Gasteiger charge is 2.19.